The second kappa shape index (κ2) is 11.8. The summed E-state index contributed by atoms with van der Waals surface area (Å²) in [6.45, 7) is 0. The summed E-state index contributed by atoms with van der Waals surface area (Å²) in [6, 6.07) is 75.1. The number of para-hydroxylation sites is 3. The van der Waals surface area contributed by atoms with Gasteiger partial charge in [0.25, 0.3) is 0 Å². The smallest absolute Gasteiger partial charge is 0.0755 e. The summed E-state index contributed by atoms with van der Waals surface area (Å²) < 4.78 is 0. The van der Waals surface area contributed by atoms with E-state index in [1.807, 2.05) is 0 Å². The molecule has 240 valence electrons. The standard InChI is InChI=1S/C49H34N2/c1-5-16-35(17-6-1)36-28-30-40(31-29-36)50(38-20-9-3-10-21-38)41-32-33-42-43-24-15-27-47-48(43)49(45(42)34-41,37-18-7-2-8-19-37)44-25-13-14-26-46(44)51(47)39-22-11-4-12-23-39/h1-34H. The van der Waals surface area contributed by atoms with Crippen molar-refractivity contribution in [1.82, 2.24) is 0 Å². The van der Waals surface area contributed by atoms with Gasteiger partial charge < -0.3 is 9.80 Å². The Bertz CT molecular complexity index is 2510. The Hall–Kier alpha value is -6.64. The fourth-order valence-corrected chi connectivity index (χ4v) is 8.55. The van der Waals surface area contributed by atoms with E-state index in [1.165, 1.54) is 55.9 Å². The molecular formula is C49H34N2. The van der Waals surface area contributed by atoms with Crippen molar-refractivity contribution in [2.75, 3.05) is 9.80 Å². The molecule has 0 amide bonds. The summed E-state index contributed by atoms with van der Waals surface area (Å²) in [6.07, 6.45) is 0. The number of hydrogen-bond acceptors (Lipinski definition) is 2. The Morgan fingerprint density at radius 1 is 0.373 bits per heavy atom. The third kappa shape index (κ3) is 4.43. The van der Waals surface area contributed by atoms with E-state index in [0.29, 0.717) is 0 Å². The first-order valence-corrected chi connectivity index (χ1v) is 17.6. The van der Waals surface area contributed by atoms with E-state index in [1.54, 1.807) is 0 Å². The Balaban J connectivity index is 1.23. The van der Waals surface area contributed by atoms with Crippen LogP contribution in [0.4, 0.5) is 34.1 Å². The molecule has 10 rings (SSSR count). The molecule has 8 aromatic rings. The van der Waals surface area contributed by atoms with Crippen LogP contribution in [0.3, 0.4) is 0 Å². The van der Waals surface area contributed by atoms with Crippen molar-refractivity contribution in [2.45, 2.75) is 5.41 Å². The molecule has 0 bridgehead atoms. The van der Waals surface area contributed by atoms with Crippen LogP contribution in [0.15, 0.2) is 206 Å². The van der Waals surface area contributed by atoms with Crippen molar-refractivity contribution >= 4 is 34.1 Å². The fourth-order valence-electron chi connectivity index (χ4n) is 8.55. The zero-order valence-electron chi connectivity index (χ0n) is 28.0. The van der Waals surface area contributed by atoms with Gasteiger partial charge in [0.2, 0.25) is 0 Å². The van der Waals surface area contributed by atoms with Gasteiger partial charge in [-0.25, -0.2) is 0 Å². The van der Waals surface area contributed by atoms with Crippen LogP contribution < -0.4 is 9.80 Å². The molecule has 1 aliphatic carbocycles. The molecule has 0 fully saturated rings. The van der Waals surface area contributed by atoms with Gasteiger partial charge in [0.1, 0.15) is 0 Å². The van der Waals surface area contributed by atoms with Crippen molar-refractivity contribution in [3.05, 3.63) is 229 Å². The van der Waals surface area contributed by atoms with Crippen molar-refractivity contribution < 1.29 is 0 Å². The Kier molecular flexibility index (Phi) is 6.75. The highest BCUT2D eigenvalue weighted by atomic mass is 15.2. The molecular weight excluding hydrogens is 617 g/mol. The van der Waals surface area contributed by atoms with E-state index in [0.717, 1.165) is 22.7 Å². The maximum atomic E-state index is 2.46. The molecule has 2 aliphatic rings. The van der Waals surface area contributed by atoms with Crippen LogP contribution in [0.25, 0.3) is 22.3 Å². The molecule has 1 heterocycles. The van der Waals surface area contributed by atoms with Crippen LogP contribution in [0.5, 0.6) is 0 Å². The number of anilines is 6. The van der Waals surface area contributed by atoms with E-state index in [4.69, 9.17) is 0 Å². The summed E-state index contributed by atoms with van der Waals surface area (Å²) in [4.78, 5) is 4.84. The number of hydrogen-bond donors (Lipinski definition) is 0. The molecule has 1 aliphatic heterocycles. The summed E-state index contributed by atoms with van der Waals surface area (Å²) in [5, 5.41) is 0. The van der Waals surface area contributed by atoms with Crippen molar-refractivity contribution in [2.24, 2.45) is 0 Å². The lowest BCUT2D eigenvalue weighted by atomic mass is 9.65. The average Bonchev–Trinajstić information content (AvgIpc) is 3.51. The molecule has 0 saturated carbocycles. The normalized spacial score (nSPS) is 15.1. The maximum absolute atomic E-state index is 2.46. The van der Waals surface area contributed by atoms with Gasteiger partial charge in [-0.15, -0.1) is 0 Å². The van der Waals surface area contributed by atoms with E-state index >= 15 is 0 Å². The van der Waals surface area contributed by atoms with Crippen LogP contribution in [-0.2, 0) is 5.41 Å². The SMILES string of the molecule is c1ccc(-c2ccc(N(c3ccccc3)c3ccc4c(c3)C3(c5ccccc5)c5ccccc5N(c5ccccc5)c5cccc-4c53)cc2)cc1. The van der Waals surface area contributed by atoms with Gasteiger partial charge >= 0.3 is 0 Å². The summed E-state index contributed by atoms with van der Waals surface area (Å²) in [5.41, 5.74) is 16.6. The molecule has 1 unspecified atom stereocenters. The largest absolute Gasteiger partial charge is 0.310 e. The van der Waals surface area contributed by atoms with Gasteiger partial charge in [-0.3, -0.25) is 0 Å². The van der Waals surface area contributed by atoms with Crippen LogP contribution in [0.1, 0.15) is 22.3 Å². The lowest BCUT2D eigenvalue weighted by Gasteiger charge is -2.44. The minimum Gasteiger partial charge on any atom is -0.310 e. The van der Waals surface area contributed by atoms with Gasteiger partial charge in [0, 0.05) is 28.3 Å². The predicted molar refractivity (Wildman–Crippen MR) is 212 cm³/mol. The van der Waals surface area contributed by atoms with Crippen molar-refractivity contribution in [1.29, 1.82) is 0 Å². The summed E-state index contributed by atoms with van der Waals surface area (Å²) >= 11 is 0. The quantitative estimate of drug-likeness (QED) is 0.177. The average molecular weight is 651 g/mol. The van der Waals surface area contributed by atoms with Crippen LogP contribution in [0.2, 0.25) is 0 Å². The first-order chi connectivity index (χ1) is 25.3. The number of fused-ring (bicyclic) bond motifs is 5. The summed E-state index contributed by atoms with van der Waals surface area (Å²) in [5.74, 6) is 0. The predicted octanol–water partition coefficient (Wildman–Crippen LogP) is 13.0. The van der Waals surface area contributed by atoms with E-state index in [2.05, 4.69) is 216 Å². The molecule has 8 aromatic carbocycles. The zero-order valence-corrected chi connectivity index (χ0v) is 28.0. The first kappa shape index (κ1) is 29.3. The van der Waals surface area contributed by atoms with E-state index < -0.39 is 5.41 Å². The Morgan fingerprint density at radius 2 is 0.941 bits per heavy atom. The van der Waals surface area contributed by atoms with Gasteiger partial charge in [0.05, 0.1) is 16.8 Å². The minimum absolute atomic E-state index is 0.514. The highest BCUT2D eigenvalue weighted by molar-refractivity contribution is 6.00. The van der Waals surface area contributed by atoms with Gasteiger partial charge in [-0.2, -0.15) is 0 Å². The minimum atomic E-state index is -0.514. The van der Waals surface area contributed by atoms with Crippen LogP contribution >= 0.6 is 0 Å². The molecule has 0 spiro atoms. The molecule has 0 aromatic heterocycles. The van der Waals surface area contributed by atoms with Crippen LogP contribution in [-0.4, -0.2) is 0 Å². The molecule has 0 saturated heterocycles. The van der Waals surface area contributed by atoms with Gasteiger partial charge in [0.15, 0.2) is 0 Å². The molecule has 51 heavy (non-hydrogen) atoms. The molecule has 1 atom stereocenters. The number of rotatable bonds is 6. The van der Waals surface area contributed by atoms with Crippen LogP contribution in [0, 0.1) is 0 Å². The van der Waals surface area contributed by atoms with Crippen molar-refractivity contribution in [3.63, 3.8) is 0 Å². The zero-order chi connectivity index (χ0) is 33.8. The van der Waals surface area contributed by atoms with Crippen molar-refractivity contribution in [3.8, 4) is 22.3 Å². The molecule has 0 radical (unpaired) electrons. The lowest BCUT2D eigenvalue weighted by Crippen LogP contribution is -2.36. The second-order valence-electron chi connectivity index (χ2n) is 13.3. The Morgan fingerprint density at radius 3 is 1.69 bits per heavy atom. The maximum Gasteiger partial charge on any atom is 0.0755 e. The third-order valence-corrected chi connectivity index (χ3v) is 10.6. The second-order valence-corrected chi connectivity index (χ2v) is 13.3. The number of nitrogens with zero attached hydrogens (tertiary/aromatic N) is 2. The molecule has 0 N–H and O–H groups in total. The molecule has 2 nitrogen and oxygen atoms in total. The lowest BCUT2D eigenvalue weighted by molar-refractivity contribution is 0.753. The van der Waals surface area contributed by atoms with E-state index in [9.17, 15) is 0 Å². The Labute approximate surface area is 299 Å². The topological polar surface area (TPSA) is 6.48 Å². The summed E-state index contributed by atoms with van der Waals surface area (Å²) in [7, 11) is 0. The molecule has 2 heteroatoms. The van der Waals surface area contributed by atoms with Gasteiger partial charge in [-0.1, -0.05) is 146 Å². The van der Waals surface area contributed by atoms with Gasteiger partial charge in [-0.05, 0) is 99.6 Å². The first-order valence-electron chi connectivity index (χ1n) is 17.6. The number of benzene rings is 8. The fraction of sp³-hybridized carbons (Fsp3) is 0.0204. The highest BCUT2D eigenvalue weighted by Gasteiger charge is 2.52. The third-order valence-electron chi connectivity index (χ3n) is 10.6. The monoisotopic (exact) mass is 650 g/mol. The van der Waals surface area contributed by atoms with E-state index in [-0.39, 0.29) is 0 Å². The highest BCUT2D eigenvalue weighted by Crippen LogP contribution is 2.65.